The first-order valence-corrected chi connectivity index (χ1v) is 16.3. The van der Waals surface area contributed by atoms with Gasteiger partial charge in [-0.15, -0.1) is 0 Å². The normalized spacial score (nSPS) is 17.8. The van der Waals surface area contributed by atoms with Crippen LogP contribution in [0.1, 0.15) is 138 Å². The Balaban J connectivity index is 1.85. The SMILES string of the molecule is CCCCc1cc(C=N[C@H]2CCCC[C@@H]2N=Cc2cc(CCCC)cc(CCCC)c2O)c(O)c(CCCC)c1. The minimum atomic E-state index is 0.0905. The third-order valence-electron chi connectivity index (χ3n) is 8.30. The predicted octanol–water partition coefficient (Wildman–Crippen LogP) is 9.32. The van der Waals surface area contributed by atoms with Gasteiger partial charge in [-0.3, -0.25) is 9.98 Å². The van der Waals surface area contributed by atoms with Crippen LogP contribution in [0.4, 0.5) is 0 Å². The van der Waals surface area contributed by atoms with E-state index >= 15 is 0 Å². The van der Waals surface area contributed by atoms with Crippen molar-refractivity contribution in [2.75, 3.05) is 0 Å². The van der Waals surface area contributed by atoms with Gasteiger partial charge < -0.3 is 10.2 Å². The number of nitrogens with zero attached hydrogens (tertiary/aromatic N) is 2. The summed E-state index contributed by atoms with van der Waals surface area (Å²) < 4.78 is 0. The summed E-state index contributed by atoms with van der Waals surface area (Å²) in [7, 11) is 0. The molecule has 2 aromatic carbocycles. The molecule has 0 unspecified atom stereocenters. The van der Waals surface area contributed by atoms with Crippen LogP contribution >= 0.6 is 0 Å². The quantitative estimate of drug-likeness (QED) is 0.206. The van der Waals surface area contributed by atoms with Gasteiger partial charge in [-0.05, 0) is 98.6 Å². The van der Waals surface area contributed by atoms with E-state index in [2.05, 4.69) is 52.0 Å². The molecule has 0 saturated heterocycles. The minimum absolute atomic E-state index is 0.0905. The lowest BCUT2D eigenvalue weighted by Gasteiger charge is -2.25. The molecule has 2 N–H and O–H groups in total. The molecule has 3 rings (SSSR count). The van der Waals surface area contributed by atoms with E-state index in [9.17, 15) is 10.2 Å². The highest BCUT2D eigenvalue weighted by molar-refractivity contribution is 5.85. The number of phenols is 2. The molecular weight excluding hydrogens is 492 g/mol. The van der Waals surface area contributed by atoms with Crippen LogP contribution < -0.4 is 0 Å². The number of phenolic OH excluding ortho intramolecular Hbond substituents is 2. The molecule has 1 aliphatic carbocycles. The van der Waals surface area contributed by atoms with Crippen LogP contribution in [0, 0.1) is 0 Å². The highest BCUT2D eigenvalue weighted by atomic mass is 16.3. The molecular formula is C36H54N2O2. The lowest BCUT2D eigenvalue weighted by molar-refractivity contribution is 0.390. The smallest absolute Gasteiger partial charge is 0.127 e. The van der Waals surface area contributed by atoms with Gasteiger partial charge in [-0.2, -0.15) is 0 Å². The molecule has 0 bridgehead atoms. The molecule has 0 heterocycles. The van der Waals surface area contributed by atoms with Crippen molar-refractivity contribution < 1.29 is 10.2 Å². The van der Waals surface area contributed by atoms with E-state index in [0.717, 1.165) is 125 Å². The fraction of sp³-hybridized carbons (Fsp3) is 0.611. The molecule has 220 valence electrons. The standard InChI is InChI=1S/C36H54N2O2/c1-5-9-15-27-21-29(17-11-7-3)35(39)31(23-27)25-37-33-19-13-14-20-34(33)38-26-32-24-28(16-10-6-2)22-30(36(32)40)18-12-8-4/h21-26,33-34,39-40H,5-20H2,1-4H3/t33-,34-/m0/s1. The van der Waals surface area contributed by atoms with Gasteiger partial charge in [0, 0.05) is 23.6 Å². The Morgan fingerprint density at radius 2 is 0.975 bits per heavy atom. The van der Waals surface area contributed by atoms with Crippen molar-refractivity contribution in [3.05, 3.63) is 57.6 Å². The van der Waals surface area contributed by atoms with Gasteiger partial charge in [0.1, 0.15) is 11.5 Å². The first-order valence-electron chi connectivity index (χ1n) is 16.3. The summed E-state index contributed by atoms with van der Waals surface area (Å²) in [5, 5.41) is 22.1. The molecule has 0 aromatic heterocycles. The second kappa shape index (κ2) is 17.3. The first kappa shape index (κ1) is 31.9. The molecule has 0 aliphatic heterocycles. The van der Waals surface area contributed by atoms with E-state index in [4.69, 9.17) is 9.98 Å². The summed E-state index contributed by atoms with van der Waals surface area (Å²) in [5.74, 6) is 0.781. The molecule has 0 spiro atoms. The fourth-order valence-electron chi connectivity index (χ4n) is 5.73. The Hall–Kier alpha value is -2.62. The van der Waals surface area contributed by atoms with Crippen LogP contribution in [0.5, 0.6) is 11.5 Å². The average Bonchev–Trinajstić information content (AvgIpc) is 2.97. The van der Waals surface area contributed by atoms with Crippen molar-refractivity contribution in [3.8, 4) is 11.5 Å². The maximum atomic E-state index is 11.1. The Morgan fingerprint density at radius 3 is 1.35 bits per heavy atom. The predicted molar refractivity (Wildman–Crippen MR) is 172 cm³/mol. The largest absolute Gasteiger partial charge is 0.507 e. The van der Waals surface area contributed by atoms with Crippen LogP contribution in [-0.4, -0.2) is 34.7 Å². The molecule has 1 aliphatic rings. The molecule has 4 nitrogen and oxygen atoms in total. The molecule has 4 heteroatoms. The maximum Gasteiger partial charge on any atom is 0.127 e. The fourth-order valence-corrected chi connectivity index (χ4v) is 5.73. The Morgan fingerprint density at radius 1 is 0.600 bits per heavy atom. The molecule has 2 atom stereocenters. The molecule has 1 fully saturated rings. The van der Waals surface area contributed by atoms with E-state index in [0.29, 0.717) is 11.5 Å². The van der Waals surface area contributed by atoms with Crippen molar-refractivity contribution in [1.29, 1.82) is 0 Å². The summed E-state index contributed by atoms with van der Waals surface area (Å²) in [6, 6.07) is 8.83. The zero-order valence-electron chi connectivity index (χ0n) is 25.7. The van der Waals surface area contributed by atoms with E-state index in [1.807, 2.05) is 12.4 Å². The van der Waals surface area contributed by atoms with Crippen molar-refractivity contribution in [3.63, 3.8) is 0 Å². The van der Waals surface area contributed by atoms with Gasteiger partial charge >= 0.3 is 0 Å². The van der Waals surface area contributed by atoms with E-state index in [1.165, 1.54) is 11.1 Å². The van der Waals surface area contributed by atoms with Gasteiger partial charge in [-0.1, -0.05) is 78.4 Å². The van der Waals surface area contributed by atoms with Crippen molar-refractivity contribution >= 4 is 12.4 Å². The van der Waals surface area contributed by atoms with E-state index in [-0.39, 0.29) is 12.1 Å². The Bertz CT molecular complexity index is 1020. The van der Waals surface area contributed by atoms with Crippen molar-refractivity contribution in [2.24, 2.45) is 9.98 Å². The number of aromatic hydroxyl groups is 2. The van der Waals surface area contributed by atoms with Crippen LogP contribution in [0.3, 0.4) is 0 Å². The van der Waals surface area contributed by atoms with Gasteiger partial charge in [0.15, 0.2) is 0 Å². The van der Waals surface area contributed by atoms with Crippen LogP contribution in [0.2, 0.25) is 0 Å². The Kier molecular flexibility index (Phi) is 13.8. The Labute approximate surface area is 244 Å². The zero-order valence-corrected chi connectivity index (χ0v) is 25.7. The van der Waals surface area contributed by atoms with Crippen LogP contribution in [-0.2, 0) is 25.7 Å². The monoisotopic (exact) mass is 546 g/mol. The third-order valence-corrected chi connectivity index (χ3v) is 8.30. The lowest BCUT2D eigenvalue weighted by atomic mass is 9.91. The summed E-state index contributed by atoms with van der Waals surface area (Å²) >= 11 is 0. The van der Waals surface area contributed by atoms with Crippen molar-refractivity contribution in [2.45, 2.75) is 143 Å². The van der Waals surface area contributed by atoms with Gasteiger partial charge in [-0.25, -0.2) is 0 Å². The first-order chi connectivity index (χ1) is 19.5. The lowest BCUT2D eigenvalue weighted by Crippen LogP contribution is -2.27. The van der Waals surface area contributed by atoms with Gasteiger partial charge in [0.05, 0.1) is 12.1 Å². The summed E-state index contributed by atoms with van der Waals surface area (Å²) in [5.41, 5.74) is 6.37. The summed E-state index contributed by atoms with van der Waals surface area (Å²) in [4.78, 5) is 10.1. The second-order valence-corrected chi connectivity index (χ2v) is 11.8. The topological polar surface area (TPSA) is 65.2 Å². The van der Waals surface area contributed by atoms with Crippen LogP contribution in [0.15, 0.2) is 34.3 Å². The minimum Gasteiger partial charge on any atom is -0.507 e. The van der Waals surface area contributed by atoms with Gasteiger partial charge in [0.25, 0.3) is 0 Å². The number of hydrogen-bond donors (Lipinski definition) is 2. The van der Waals surface area contributed by atoms with Crippen molar-refractivity contribution in [1.82, 2.24) is 0 Å². The molecule has 0 amide bonds. The van der Waals surface area contributed by atoms with Crippen LogP contribution in [0.25, 0.3) is 0 Å². The van der Waals surface area contributed by atoms with Gasteiger partial charge in [0.2, 0.25) is 0 Å². The highest BCUT2D eigenvalue weighted by Crippen LogP contribution is 2.30. The molecule has 40 heavy (non-hydrogen) atoms. The summed E-state index contributed by atoms with van der Waals surface area (Å²) in [6.45, 7) is 8.82. The van der Waals surface area contributed by atoms with E-state index in [1.54, 1.807) is 0 Å². The number of unbranched alkanes of at least 4 members (excludes halogenated alkanes) is 4. The molecule has 1 saturated carbocycles. The number of aliphatic imine (C=N–C) groups is 2. The highest BCUT2D eigenvalue weighted by Gasteiger charge is 2.24. The maximum absolute atomic E-state index is 11.1. The third kappa shape index (κ3) is 9.49. The molecule has 2 aromatic rings. The second-order valence-electron chi connectivity index (χ2n) is 11.8. The average molecular weight is 547 g/mol. The summed E-state index contributed by atoms with van der Waals surface area (Å²) in [6.07, 6.45) is 21.0. The zero-order chi connectivity index (χ0) is 28.7. The number of aryl methyl sites for hydroxylation is 4. The molecule has 0 radical (unpaired) electrons. The van der Waals surface area contributed by atoms with E-state index < -0.39 is 0 Å². The number of rotatable bonds is 16. The number of hydrogen-bond acceptors (Lipinski definition) is 4. The number of benzene rings is 2.